The zero-order valence-corrected chi connectivity index (χ0v) is 18.7. The van der Waals surface area contributed by atoms with Crippen molar-refractivity contribution in [2.75, 3.05) is 32.7 Å². The molecular weight excluding hydrogens is 469 g/mol. The topological polar surface area (TPSA) is 91.0 Å². The summed E-state index contributed by atoms with van der Waals surface area (Å²) in [6.45, 7) is 6.24. The predicted octanol–water partition coefficient (Wildman–Crippen LogP) is 2.07. The minimum absolute atomic E-state index is 0. The van der Waals surface area contributed by atoms with Crippen molar-refractivity contribution in [1.82, 2.24) is 15.1 Å². The van der Waals surface area contributed by atoms with Crippen LogP contribution in [0.1, 0.15) is 53.3 Å². The second-order valence-corrected chi connectivity index (χ2v) is 7.09. The highest BCUT2D eigenvalue weighted by atomic mass is 127. The third-order valence-corrected chi connectivity index (χ3v) is 5.37. The van der Waals surface area contributed by atoms with Gasteiger partial charge in [0.1, 0.15) is 0 Å². The molecule has 154 valence electrons. The molecule has 1 unspecified atom stereocenters. The molecular formula is C20H30IN5O2. The average Bonchev–Trinajstić information content (AvgIpc) is 3.24. The fraction of sp³-hybridized carbons (Fsp3) is 0.550. The molecule has 0 bridgehead atoms. The number of fused-ring (bicyclic) bond motifs is 1. The van der Waals surface area contributed by atoms with E-state index in [4.69, 9.17) is 5.73 Å². The van der Waals surface area contributed by atoms with Crippen molar-refractivity contribution in [3.8, 4) is 0 Å². The second-order valence-electron chi connectivity index (χ2n) is 7.09. The van der Waals surface area contributed by atoms with Gasteiger partial charge in [0, 0.05) is 19.1 Å². The van der Waals surface area contributed by atoms with Gasteiger partial charge in [-0.05, 0) is 50.9 Å². The summed E-state index contributed by atoms with van der Waals surface area (Å²) in [5, 5.41) is 3.13. The Hall–Kier alpha value is -1.68. The van der Waals surface area contributed by atoms with Crippen LogP contribution in [0.4, 0.5) is 0 Å². The smallest absolute Gasteiger partial charge is 0.261 e. The van der Waals surface area contributed by atoms with Gasteiger partial charge in [-0.3, -0.25) is 24.4 Å². The van der Waals surface area contributed by atoms with Gasteiger partial charge in [-0.2, -0.15) is 0 Å². The number of imide groups is 1. The summed E-state index contributed by atoms with van der Waals surface area (Å²) in [5.41, 5.74) is 6.96. The van der Waals surface area contributed by atoms with Crippen LogP contribution in [-0.2, 0) is 0 Å². The van der Waals surface area contributed by atoms with Crippen molar-refractivity contribution < 1.29 is 9.59 Å². The van der Waals surface area contributed by atoms with E-state index < -0.39 is 0 Å². The number of nitrogens with two attached hydrogens (primary N) is 1. The highest BCUT2D eigenvalue weighted by Crippen LogP contribution is 2.22. The molecule has 1 fully saturated rings. The van der Waals surface area contributed by atoms with E-state index in [9.17, 15) is 9.59 Å². The number of benzene rings is 1. The number of nitrogens with zero attached hydrogens (tertiary/aromatic N) is 3. The Morgan fingerprint density at radius 1 is 1.21 bits per heavy atom. The number of likely N-dealkylation sites (N-methyl/N-ethyl adjacent to an activating group) is 1. The van der Waals surface area contributed by atoms with Crippen LogP contribution >= 0.6 is 24.0 Å². The number of unbranched alkanes of at least 4 members (excludes halogenated alkanes) is 1. The monoisotopic (exact) mass is 499 g/mol. The third-order valence-electron chi connectivity index (χ3n) is 5.37. The number of rotatable bonds is 8. The maximum atomic E-state index is 12.3. The molecule has 0 spiro atoms. The van der Waals surface area contributed by atoms with Gasteiger partial charge < -0.3 is 11.1 Å². The standard InChI is InChI=1S/C20H29N5O2.HI/c1-2-24-12-7-8-15(24)14-23-20(21)22-11-5-6-13-25-18(26)16-9-3-4-10-17(16)19(25)27;/h3-4,9-10,15H,2,5-8,11-14H2,1H3,(H3,21,22,23);1H. The SMILES string of the molecule is CCN1CCCC1CN=C(N)NCCCCN1C(=O)c2ccccc2C1=O.I. The molecule has 3 N–H and O–H groups in total. The third kappa shape index (κ3) is 5.22. The number of hydrogen-bond acceptors (Lipinski definition) is 4. The summed E-state index contributed by atoms with van der Waals surface area (Å²) in [6, 6.07) is 7.48. The largest absolute Gasteiger partial charge is 0.370 e. The van der Waals surface area contributed by atoms with Crippen LogP contribution in [0, 0.1) is 0 Å². The lowest BCUT2D eigenvalue weighted by Crippen LogP contribution is -2.36. The van der Waals surface area contributed by atoms with Crippen LogP contribution < -0.4 is 11.1 Å². The summed E-state index contributed by atoms with van der Waals surface area (Å²) in [7, 11) is 0. The van der Waals surface area contributed by atoms with E-state index in [0.717, 1.165) is 32.5 Å². The first-order valence-corrected chi connectivity index (χ1v) is 9.85. The molecule has 3 rings (SSSR count). The lowest BCUT2D eigenvalue weighted by atomic mass is 10.1. The summed E-state index contributed by atoms with van der Waals surface area (Å²) in [5.74, 6) is 0.0852. The van der Waals surface area contributed by atoms with E-state index in [1.54, 1.807) is 24.3 Å². The Labute approximate surface area is 183 Å². The molecule has 1 aromatic rings. The minimum atomic E-state index is -0.193. The zero-order chi connectivity index (χ0) is 19.2. The molecule has 1 atom stereocenters. The van der Waals surface area contributed by atoms with Gasteiger partial charge in [0.15, 0.2) is 5.96 Å². The van der Waals surface area contributed by atoms with E-state index in [1.165, 1.54) is 17.7 Å². The maximum absolute atomic E-state index is 12.3. The fourth-order valence-electron chi connectivity index (χ4n) is 3.83. The van der Waals surface area contributed by atoms with Crippen molar-refractivity contribution in [2.24, 2.45) is 10.7 Å². The van der Waals surface area contributed by atoms with Crippen molar-refractivity contribution in [3.05, 3.63) is 35.4 Å². The molecule has 2 heterocycles. The summed E-state index contributed by atoms with van der Waals surface area (Å²) in [6.07, 6.45) is 3.97. The number of hydrogen-bond donors (Lipinski definition) is 2. The number of nitrogens with one attached hydrogen (secondary N) is 1. The molecule has 0 aromatic heterocycles. The van der Waals surface area contributed by atoms with Gasteiger partial charge in [-0.25, -0.2) is 0 Å². The number of halogens is 1. The number of amides is 2. The lowest BCUT2D eigenvalue weighted by molar-refractivity contribution is 0.0652. The predicted molar refractivity (Wildman–Crippen MR) is 121 cm³/mol. The van der Waals surface area contributed by atoms with E-state index >= 15 is 0 Å². The van der Waals surface area contributed by atoms with Crippen LogP contribution in [-0.4, -0.2) is 66.3 Å². The fourth-order valence-corrected chi connectivity index (χ4v) is 3.83. The van der Waals surface area contributed by atoms with Gasteiger partial charge in [-0.15, -0.1) is 24.0 Å². The van der Waals surface area contributed by atoms with Crippen LogP contribution in [0.15, 0.2) is 29.3 Å². The first-order valence-electron chi connectivity index (χ1n) is 9.85. The molecule has 1 aromatic carbocycles. The molecule has 2 aliphatic heterocycles. The molecule has 7 nitrogen and oxygen atoms in total. The van der Waals surface area contributed by atoms with Gasteiger partial charge in [0.05, 0.1) is 17.7 Å². The molecule has 0 aliphatic carbocycles. The number of guanidine groups is 1. The molecule has 0 radical (unpaired) electrons. The van der Waals surface area contributed by atoms with Crippen LogP contribution in [0.25, 0.3) is 0 Å². The highest BCUT2D eigenvalue weighted by molar-refractivity contribution is 14.0. The number of likely N-dealkylation sites (tertiary alicyclic amines) is 1. The van der Waals surface area contributed by atoms with Gasteiger partial charge in [0.25, 0.3) is 11.8 Å². The number of carbonyl (C=O) groups excluding carboxylic acids is 2. The first-order chi connectivity index (χ1) is 13.1. The quantitative estimate of drug-likeness (QED) is 0.188. The van der Waals surface area contributed by atoms with Crippen LogP contribution in [0.2, 0.25) is 0 Å². The van der Waals surface area contributed by atoms with Gasteiger partial charge >= 0.3 is 0 Å². The molecule has 2 aliphatic rings. The second kappa shape index (κ2) is 10.8. The van der Waals surface area contributed by atoms with Crippen molar-refractivity contribution >= 4 is 41.8 Å². The first kappa shape index (κ1) is 22.6. The van der Waals surface area contributed by atoms with Gasteiger partial charge in [-0.1, -0.05) is 19.1 Å². The van der Waals surface area contributed by atoms with Gasteiger partial charge in [0.2, 0.25) is 0 Å². The Morgan fingerprint density at radius 2 is 1.89 bits per heavy atom. The van der Waals surface area contributed by atoms with E-state index in [1.807, 2.05) is 0 Å². The summed E-state index contributed by atoms with van der Waals surface area (Å²) < 4.78 is 0. The van der Waals surface area contributed by atoms with E-state index in [-0.39, 0.29) is 35.8 Å². The Kier molecular flexibility index (Phi) is 8.68. The van der Waals surface area contributed by atoms with Crippen molar-refractivity contribution in [1.29, 1.82) is 0 Å². The van der Waals surface area contributed by atoms with Crippen LogP contribution in [0.3, 0.4) is 0 Å². The molecule has 8 heteroatoms. The summed E-state index contributed by atoms with van der Waals surface area (Å²) in [4.78, 5) is 32.8. The molecule has 0 saturated carbocycles. The zero-order valence-electron chi connectivity index (χ0n) is 16.4. The number of carbonyl (C=O) groups is 2. The highest BCUT2D eigenvalue weighted by Gasteiger charge is 2.34. The number of aliphatic imine (C=N–C) groups is 1. The van der Waals surface area contributed by atoms with E-state index in [0.29, 0.717) is 36.2 Å². The lowest BCUT2D eigenvalue weighted by Gasteiger charge is -2.21. The van der Waals surface area contributed by atoms with Crippen molar-refractivity contribution in [2.45, 2.75) is 38.6 Å². The Morgan fingerprint density at radius 3 is 2.54 bits per heavy atom. The van der Waals surface area contributed by atoms with Crippen molar-refractivity contribution in [3.63, 3.8) is 0 Å². The summed E-state index contributed by atoms with van der Waals surface area (Å²) >= 11 is 0. The average molecular weight is 499 g/mol. The normalized spacial score (nSPS) is 19.7. The maximum Gasteiger partial charge on any atom is 0.261 e. The Bertz CT molecular complexity index is 689. The molecule has 2 amide bonds. The van der Waals surface area contributed by atoms with Crippen LogP contribution in [0.5, 0.6) is 0 Å². The molecule has 28 heavy (non-hydrogen) atoms. The minimum Gasteiger partial charge on any atom is -0.370 e. The van der Waals surface area contributed by atoms with E-state index in [2.05, 4.69) is 22.1 Å². The Balaban J connectivity index is 0.00000280. The molecule has 1 saturated heterocycles.